The second kappa shape index (κ2) is 6.02. The highest BCUT2D eigenvalue weighted by molar-refractivity contribution is 5.91. The summed E-state index contributed by atoms with van der Waals surface area (Å²) < 4.78 is 32.1. The summed E-state index contributed by atoms with van der Waals surface area (Å²) in [6.45, 7) is 1.72. The standard InChI is InChI=1S/C19H19F2N3O2/c20-12-1-3-15(14(21)9-12)26-13-2-4-16(24-10-13)19(17(22)25)11-18(19)5-7-23-8-6-18/h1-4,9-10,23H,5-8,11H2,(H2,22,25). The molecule has 1 amide bonds. The van der Waals surface area contributed by atoms with Crippen molar-refractivity contribution in [3.05, 3.63) is 53.9 Å². The van der Waals surface area contributed by atoms with Gasteiger partial charge < -0.3 is 15.8 Å². The van der Waals surface area contributed by atoms with E-state index in [0.717, 1.165) is 38.1 Å². The van der Waals surface area contributed by atoms with Crippen LogP contribution in [0.15, 0.2) is 36.5 Å². The number of hydrogen-bond acceptors (Lipinski definition) is 4. The molecule has 1 saturated carbocycles. The second-order valence-corrected chi connectivity index (χ2v) is 7.03. The molecule has 2 fully saturated rings. The molecule has 3 N–H and O–H groups in total. The number of pyridine rings is 1. The molecule has 1 spiro atoms. The maximum atomic E-state index is 13.7. The molecule has 1 aliphatic carbocycles. The highest BCUT2D eigenvalue weighted by Gasteiger charge is 2.72. The maximum absolute atomic E-state index is 13.7. The predicted molar refractivity (Wildman–Crippen MR) is 90.7 cm³/mol. The molecule has 5 nitrogen and oxygen atoms in total. The smallest absolute Gasteiger partial charge is 0.230 e. The number of hydrogen-bond donors (Lipinski definition) is 2. The van der Waals surface area contributed by atoms with Crippen molar-refractivity contribution in [2.45, 2.75) is 24.7 Å². The Labute approximate surface area is 149 Å². The number of amides is 1. The van der Waals surface area contributed by atoms with E-state index in [1.807, 2.05) is 0 Å². The third-order valence-electron chi connectivity index (χ3n) is 5.66. The largest absolute Gasteiger partial charge is 0.453 e. The van der Waals surface area contributed by atoms with E-state index < -0.39 is 17.0 Å². The number of nitrogens with one attached hydrogen (secondary N) is 1. The van der Waals surface area contributed by atoms with Gasteiger partial charge in [-0.25, -0.2) is 8.78 Å². The van der Waals surface area contributed by atoms with Gasteiger partial charge in [-0.2, -0.15) is 0 Å². The highest BCUT2D eigenvalue weighted by atomic mass is 19.1. The van der Waals surface area contributed by atoms with E-state index in [9.17, 15) is 13.6 Å². The summed E-state index contributed by atoms with van der Waals surface area (Å²) in [6, 6.07) is 6.42. The number of rotatable bonds is 4. The normalized spacial score (nSPS) is 23.6. The van der Waals surface area contributed by atoms with E-state index in [0.29, 0.717) is 17.9 Å². The average Bonchev–Trinajstić information content (AvgIpc) is 3.27. The SMILES string of the molecule is NC(=O)C1(c2ccc(Oc3ccc(F)cc3F)cn2)CC12CCNCC2. The van der Waals surface area contributed by atoms with Gasteiger partial charge in [0.2, 0.25) is 5.91 Å². The van der Waals surface area contributed by atoms with Gasteiger partial charge in [-0.1, -0.05) is 0 Å². The van der Waals surface area contributed by atoms with Crippen LogP contribution in [0.2, 0.25) is 0 Å². The van der Waals surface area contributed by atoms with Crippen molar-refractivity contribution in [3.8, 4) is 11.5 Å². The van der Waals surface area contributed by atoms with Gasteiger partial charge in [0.25, 0.3) is 0 Å². The van der Waals surface area contributed by atoms with E-state index in [1.165, 1.54) is 12.3 Å². The molecule has 1 aliphatic heterocycles. The zero-order valence-electron chi connectivity index (χ0n) is 14.1. The van der Waals surface area contributed by atoms with Crippen molar-refractivity contribution < 1.29 is 18.3 Å². The van der Waals surface area contributed by atoms with Crippen LogP contribution in [0, 0.1) is 17.0 Å². The third-order valence-corrected chi connectivity index (χ3v) is 5.66. The summed E-state index contributed by atoms with van der Waals surface area (Å²) in [6.07, 6.45) is 3.92. The van der Waals surface area contributed by atoms with E-state index in [4.69, 9.17) is 10.5 Å². The molecule has 4 rings (SSSR count). The molecule has 2 heterocycles. The molecule has 0 bridgehead atoms. The van der Waals surface area contributed by atoms with Crippen LogP contribution in [-0.4, -0.2) is 24.0 Å². The van der Waals surface area contributed by atoms with Gasteiger partial charge in [-0.05, 0) is 62.0 Å². The summed E-state index contributed by atoms with van der Waals surface area (Å²) in [4.78, 5) is 16.6. The van der Waals surface area contributed by atoms with Crippen LogP contribution in [0.4, 0.5) is 8.78 Å². The monoisotopic (exact) mass is 359 g/mol. The zero-order chi connectivity index (χ0) is 18.4. The van der Waals surface area contributed by atoms with Crippen molar-refractivity contribution in [2.75, 3.05) is 13.1 Å². The Morgan fingerprint density at radius 2 is 1.96 bits per heavy atom. The molecular weight excluding hydrogens is 340 g/mol. The summed E-state index contributed by atoms with van der Waals surface area (Å²) in [5, 5.41) is 3.30. The van der Waals surface area contributed by atoms with Gasteiger partial charge >= 0.3 is 0 Å². The van der Waals surface area contributed by atoms with Gasteiger partial charge in [-0.15, -0.1) is 0 Å². The predicted octanol–water partition coefficient (Wildman–Crippen LogP) is 2.65. The van der Waals surface area contributed by atoms with E-state index >= 15 is 0 Å². The number of benzene rings is 1. The lowest BCUT2D eigenvalue weighted by Gasteiger charge is -2.27. The first-order valence-electron chi connectivity index (χ1n) is 8.57. The van der Waals surface area contributed by atoms with Crippen molar-refractivity contribution in [1.29, 1.82) is 0 Å². The third kappa shape index (κ3) is 2.54. The van der Waals surface area contributed by atoms with Crippen molar-refractivity contribution in [2.24, 2.45) is 11.1 Å². The number of carbonyl (C=O) groups is 1. The Morgan fingerprint density at radius 3 is 2.58 bits per heavy atom. The van der Waals surface area contributed by atoms with E-state index in [-0.39, 0.29) is 17.1 Å². The van der Waals surface area contributed by atoms with Gasteiger partial charge in [0.15, 0.2) is 11.6 Å². The molecule has 1 saturated heterocycles. The van der Waals surface area contributed by atoms with Crippen LogP contribution < -0.4 is 15.8 Å². The molecule has 1 aromatic heterocycles. The fourth-order valence-electron chi connectivity index (χ4n) is 4.19. The van der Waals surface area contributed by atoms with E-state index in [2.05, 4.69) is 10.3 Å². The molecule has 1 aromatic carbocycles. The summed E-state index contributed by atoms with van der Waals surface area (Å²) in [5.41, 5.74) is 5.51. The number of carbonyl (C=O) groups excluding carboxylic acids is 1. The number of ether oxygens (including phenoxy) is 1. The summed E-state index contributed by atoms with van der Waals surface area (Å²) >= 11 is 0. The number of aromatic nitrogens is 1. The molecule has 2 aromatic rings. The topological polar surface area (TPSA) is 77.2 Å². The molecule has 2 aliphatic rings. The Balaban J connectivity index is 1.58. The molecule has 1 unspecified atom stereocenters. The van der Waals surface area contributed by atoms with Gasteiger partial charge in [0.1, 0.15) is 11.6 Å². The number of nitrogens with zero attached hydrogens (tertiary/aromatic N) is 1. The van der Waals surface area contributed by atoms with Crippen LogP contribution >= 0.6 is 0 Å². The van der Waals surface area contributed by atoms with Crippen molar-refractivity contribution in [1.82, 2.24) is 10.3 Å². The van der Waals surface area contributed by atoms with Crippen LogP contribution in [0.5, 0.6) is 11.5 Å². The number of nitrogens with two attached hydrogens (primary N) is 1. The molecule has 7 heteroatoms. The first-order valence-corrected chi connectivity index (χ1v) is 8.57. The van der Waals surface area contributed by atoms with Crippen molar-refractivity contribution >= 4 is 5.91 Å². The lowest BCUT2D eigenvalue weighted by Crippen LogP contribution is -2.40. The zero-order valence-corrected chi connectivity index (χ0v) is 14.1. The first kappa shape index (κ1) is 16.9. The quantitative estimate of drug-likeness (QED) is 0.880. The Kier molecular flexibility index (Phi) is 3.91. The fraction of sp³-hybridized carbons (Fsp3) is 0.368. The van der Waals surface area contributed by atoms with Gasteiger partial charge in [0.05, 0.1) is 17.3 Å². The highest BCUT2D eigenvalue weighted by Crippen LogP contribution is 2.68. The summed E-state index contributed by atoms with van der Waals surface area (Å²) in [7, 11) is 0. The van der Waals surface area contributed by atoms with Gasteiger partial charge in [-0.3, -0.25) is 9.78 Å². The van der Waals surface area contributed by atoms with Crippen molar-refractivity contribution in [3.63, 3.8) is 0 Å². The van der Waals surface area contributed by atoms with Gasteiger partial charge in [0, 0.05) is 6.07 Å². The van der Waals surface area contributed by atoms with Crippen LogP contribution in [0.3, 0.4) is 0 Å². The molecule has 136 valence electrons. The Morgan fingerprint density at radius 1 is 1.19 bits per heavy atom. The minimum absolute atomic E-state index is 0.0909. The Bertz CT molecular complexity index is 850. The lowest BCUT2D eigenvalue weighted by molar-refractivity contribution is -0.121. The first-order chi connectivity index (χ1) is 12.5. The number of piperidine rings is 1. The number of halogens is 2. The Hall–Kier alpha value is -2.54. The molecule has 0 radical (unpaired) electrons. The molecular formula is C19H19F2N3O2. The van der Waals surface area contributed by atoms with Crippen LogP contribution in [0.1, 0.15) is 25.0 Å². The summed E-state index contributed by atoms with van der Waals surface area (Å²) in [5.74, 6) is -1.61. The molecule has 1 atom stereocenters. The fourth-order valence-corrected chi connectivity index (χ4v) is 4.19. The van der Waals surface area contributed by atoms with Crippen LogP contribution in [-0.2, 0) is 10.2 Å². The average molecular weight is 359 g/mol. The number of primary amides is 1. The minimum atomic E-state index is -0.793. The maximum Gasteiger partial charge on any atom is 0.230 e. The second-order valence-electron chi connectivity index (χ2n) is 7.03. The lowest BCUT2D eigenvalue weighted by atomic mass is 9.82. The van der Waals surface area contributed by atoms with E-state index in [1.54, 1.807) is 12.1 Å². The van der Waals surface area contributed by atoms with Crippen LogP contribution in [0.25, 0.3) is 0 Å². The molecule has 26 heavy (non-hydrogen) atoms. The minimum Gasteiger partial charge on any atom is -0.453 e.